The fourth-order valence-electron chi connectivity index (χ4n) is 3.83. The lowest BCUT2D eigenvalue weighted by Gasteiger charge is -2.24. The van der Waals surface area contributed by atoms with Gasteiger partial charge in [0.1, 0.15) is 0 Å². The number of hydrogen-bond donors (Lipinski definition) is 1. The van der Waals surface area contributed by atoms with Crippen LogP contribution in [0.2, 0.25) is 0 Å². The summed E-state index contributed by atoms with van der Waals surface area (Å²) in [5.41, 5.74) is 3.19. The summed E-state index contributed by atoms with van der Waals surface area (Å²) in [6, 6.07) is 17.1. The standard InChI is InChI=1S/C22H23N3O2/c1-24(15-16-8-2-5-11-20(16)25-12-6-7-13-25)22(27)18-14-21(26)23-19-10-4-3-9-17(18)19/h2-5,8-11,14H,6-7,12-13,15H2,1H3,(H,23,26). The highest BCUT2D eigenvalue weighted by Gasteiger charge is 2.20. The zero-order valence-corrected chi connectivity index (χ0v) is 15.4. The van der Waals surface area contributed by atoms with E-state index in [1.54, 1.807) is 11.9 Å². The minimum absolute atomic E-state index is 0.145. The highest BCUT2D eigenvalue weighted by molar-refractivity contribution is 6.05. The average molecular weight is 361 g/mol. The Morgan fingerprint density at radius 3 is 2.59 bits per heavy atom. The van der Waals surface area contributed by atoms with Crippen molar-refractivity contribution in [3.63, 3.8) is 0 Å². The van der Waals surface area contributed by atoms with Crippen molar-refractivity contribution in [2.24, 2.45) is 0 Å². The normalized spacial score (nSPS) is 13.9. The van der Waals surface area contributed by atoms with Crippen molar-refractivity contribution in [2.75, 3.05) is 25.0 Å². The molecule has 1 aromatic heterocycles. The Labute approximate surface area is 158 Å². The van der Waals surface area contributed by atoms with Crippen LogP contribution in [0, 0.1) is 0 Å². The summed E-state index contributed by atoms with van der Waals surface area (Å²) in [4.78, 5) is 32.0. The Hall–Kier alpha value is -3.08. The van der Waals surface area contributed by atoms with Crippen LogP contribution in [0.3, 0.4) is 0 Å². The summed E-state index contributed by atoms with van der Waals surface area (Å²) in [5, 5.41) is 0.766. The van der Waals surface area contributed by atoms with Gasteiger partial charge in [-0.15, -0.1) is 0 Å². The van der Waals surface area contributed by atoms with Gasteiger partial charge in [0.25, 0.3) is 5.91 Å². The Kier molecular flexibility index (Phi) is 4.67. The number of benzene rings is 2. The van der Waals surface area contributed by atoms with Crippen molar-refractivity contribution in [3.8, 4) is 0 Å². The van der Waals surface area contributed by atoms with Gasteiger partial charge < -0.3 is 14.8 Å². The Bertz CT molecular complexity index is 1030. The molecule has 2 aromatic carbocycles. The predicted molar refractivity (Wildman–Crippen MR) is 108 cm³/mol. The second kappa shape index (κ2) is 7.27. The van der Waals surface area contributed by atoms with E-state index in [-0.39, 0.29) is 11.5 Å². The van der Waals surface area contributed by atoms with Gasteiger partial charge in [0.05, 0.1) is 5.56 Å². The molecule has 5 nitrogen and oxygen atoms in total. The number of carbonyl (C=O) groups excluding carboxylic acids is 1. The highest BCUT2D eigenvalue weighted by Crippen LogP contribution is 2.26. The van der Waals surface area contributed by atoms with Crippen molar-refractivity contribution in [1.82, 2.24) is 9.88 Å². The van der Waals surface area contributed by atoms with E-state index in [4.69, 9.17) is 0 Å². The van der Waals surface area contributed by atoms with E-state index in [0.717, 1.165) is 24.0 Å². The molecule has 0 atom stereocenters. The van der Waals surface area contributed by atoms with Crippen LogP contribution in [0.5, 0.6) is 0 Å². The molecule has 0 saturated carbocycles. The van der Waals surface area contributed by atoms with E-state index in [2.05, 4.69) is 22.0 Å². The lowest BCUT2D eigenvalue weighted by atomic mass is 10.1. The summed E-state index contributed by atoms with van der Waals surface area (Å²) in [6.45, 7) is 2.63. The molecule has 0 bridgehead atoms. The van der Waals surface area contributed by atoms with Crippen molar-refractivity contribution < 1.29 is 4.79 Å². The van der Waals surface area contributed by atoms with Gasteiger partial charge >= 0.3 is 0 Å². The summed E-state index contributed by atoms with van der Waals surface area (Å²) in [7, 11) is 1.79. The van der Waals surface area contributed by atoms with Crippen LogP contribution in [0.25, 0.3) is 10.9 Å². The van der Waals surface area contributed by atoms with E-state index in [1.165, 1.54) is 24.6 Å². The summed E-state index contributed by atoms with van der Waals surface area (Å²) < 4.78 is 0. The number of rotatable bonds is 4. The lowest BCUT2D eigenvalue weighted by molar-refractivity contribution is 0.0787. The second-order valence-electron chi connectivity index (χ2n) is 7.08. The highest BCUT2D eigenvalue weighted by atomic mass is 16.2. The summed E-state index contributed by atoms with van der Waals surface area (Å²) in [5.74, 6) is -0.145. The zero-order valence-electron chi connectivity index (χ0n) is 15.4. The largest absolute Gasteiger partial charge is 0.371 e. The van der Waals surface area contributed by atoms with Crippen LogP contribution in [0.1, 0.15) is 28.8 Å². The zero-order chi connectivity index (χ0) is 18.8. The Balaban J connectivity index is 1.64. The molecule has 0 unspecified atom stereocenters. The van der Waals surface area contributed by atoms with Crippen molar-refractivity contribution in [2.45, 2.75) is 19.4 Å². The molecule has 2 heterocycles. The molecular formula is C22H23N3O2. The molecule has 27 heavy (non-hydrogen) atoms. The summed E-state index contributed by atoms with van der Waals surface area (Å²) >= 11 is 0. The van der Waals surface area contributed by atoms with Gasteiger partial charge in [0, 0.05) is 49.3 Å². The van der Waals surface area contributed by atoms with Gasteiger partial charge in [-0.05, 0) is 30.5 Å². The first-order valence-corrected chi connectivity index (χ1v) is 9.34. The van der Waals surface area contributed by atoms with Gasteiger partial charge in [0.15, 0.2) is 0 Å². The molecule has 1 aliphatic heterocycles. The van der Waals surface area contributed by atoms with Crippen LogP contribution < -0.4 is 10.5 Å². The lowest BCUT2D eigenvalue weighted by Crippen LogP contribution is -2.29. The van der Waals surface area contributed by atoms with Crippen LogP contribution in [-0.2, 0) is 6.54 Å². The molecule has 5 heteroatoms. The number of carbonyl (C=O) groups is 1. The maximum absolute atomic E-state index is 13.1. The monoisotopic (exact) mass is 361 g/mol. The first-order chi connectivity index (χ1) is 13.1. The number of H-pyrrole nitrogens is 1. The van der Waals surface area contributed by atoms with Gasteiger partial charge in [-0.25, -0.2) is 0 Å². The number of para-hydroxylation sites is 2. The van der Waals surface area contributed by atoms with Gasteiger partial charge in [-0.3, -0.25) is 9.59 Å². The minimum Gasteiger partial charge on any atom is -0.371 e. The first-order valence-electron chi connectivity index (χ1n) is 9.34. The SMILES string of the molecule is CN(Cc1ccccc1N1CCCC1)C(=O)c1cc(=O)[nH]c2ccccc12. The third-order valence-electron chi connectivity index (χ3n) is 5.17. The summed E-state index contributed by atoms with van der Waals surface area (Å²) in [6.07, 6.45) is 2.42. The third-order valence-corrected chi connectivity index (χ3v) is 5.17. The van der Waals surface area contributed by atoms with Crippen LogP contribution in [-0.4, -0.2) is 35.9 Å². The maximum Gasteiger partial charge on any atom is 0.254 e. The molecule has 1 N–H and O–H groups in total. The molecule has 1 amide bonds. The third kappa shape index (κ3) is 3.45. The van der Waals surface area contributed by atoms with Crippen LogP contribution >= 0.6 is 0 Å². The average Bonchev–Trinajstić information content (AvgIpc) is 3.21. The number of aromatic nitrogens is 1. The number of hydrogen-bond acceptors (Lipinski definition) is 3. The van der Waals surface area contributed by atoms with E-state index in [1.807, 2.05) is 36.4 Å². The molecule has 138 valence electrons. The number of anilines is 1. The molecule has 3 aromatic rings. The van der Waals surface area contributed by atoms with Crippen molar-refractivity contribution in [3.05, 3.63) is 76.1 Å². The van der Waals surface area contributed by atoms with Crippen molar-refractivity contribution >= 4 is 22.5 Å². The van der Waals surface area contributed by atoms with Gasteiger partial charge in [-0.1, -0.05) is 36.4 Å². The van der Waals surface area contributed by atoms with E-state index >= 15 is 0 Å². The van der Waals surface area contributed by atoms with Gasteiger partial charge in [-0.2, -0.15) is 0 Å². The molecule has 1 aliphatic rings. The smallest absolute Gasteiger partial charge is 0.254 e. The first kappa shape index (κ1) is 17.3. The fraction of sp³-hybridized carbons (Fsp3) is 0.273. The number of nitrogens with one attached hydrogen (secondary N) is 1. The van der Waals surface area contributed by atoms with E-state index in [9.17, 15) is 9.59 Å². The van der Waals surface area contributed by atoms with Crippen molar-refractivity contribution in [1.29, 1.82) is 0 Å². The Morgan fingerprint density at radius 2 is 1.78 bits per heavy atom. The molecule has 1 saturated heterocycles. The topological polar surface area (TPSA) is 56.4 Å². The van der Waals surface area contributed by atoms with E-state index < -0.39 is 0 Å². The maximum atomic E-state index is 13.1. The van der Waals surface area contributed by atoms with Crippen LogP contribution in [0.4, 0.5) is 5.69 Å². The molecular weight excluding hydrogens is 338 g/mol. The molecule has 0 spiro atoms. The molecule has 0 radical (unpaired) electrons. The number of fused-ring (bicyclic) bond motifs is 1. The fourth-order valence-corrected chi connectivity index (χ4v) is 3.83. The Morgan fingerprint density at radius 1 is 1.07 bits per heavy atom. The van der Waals surface area contributed by atoms with Gasteiger partial charge in [0.2, 0.25) is 5.56 Å². The second-order valence-corrected chi connectivity index (χ2v) is 7.08. The quantitative estimate of drug-likeness (QED) is 0.775. The van der Waals surface area contributed by atoms with Crippen LogP contribution in [0.15, 0.2) is 59.4 Å². The number of aromatic amines is 1. The molecule has 4 rings (SSSR count). The van der Waals surface area contributed by atoms with E-state index in [0.29, 0.717) is 17.6 Å². The molecule has 1 fully saturated rings. The molecule has 0 aliphatic carbocycles. The number of pyridine rings is 1. The number of amides is 1. The number of nitrogens with zero attached hydrogens (tertiary/aromatic N) is 2. The predicted octanol–water partition coefficient (Wildman–Crippen LogP) is 3.40. The minimum atomic E-state index is -0.261.